The zero-order valence-corrected chi connectivity index (χ0v) is 17.6. The van der Waals surface area contributed by atoms with Gasteiger partial charge in [0.15, 0.2) is 0 Å². The first kappa shape index (κ1) is 20.4. The molecule has 1 atom stereocenters. The molecule has 0 aliphatic carbocycles. The summed E-state index contributed by atoms with van der Waals surface area (Å²) in [5, 5.41) is 0.705. The Balaban J connectivity index is 1.98. The van der Waals surface area contributed by atoms with Gasteiger partial charge < -0.3 is 9.64 Å². The average molecular weight is 428 g/mol. The molecule has 1 aliphatic heterocycles. The van der Waals surface area contributed by atoms with Crippen molar-refractivity contribution in [2.75, 3.05) is 26.3 Å². The normalized spacial score (nSPS) is 15.4. The van der Waals surface area contributed by atoms with Crippen LogP contribution in [-0.2, 0) is 9.53 Å². The second-order valence-electron chi connectivity index (χ2n) is 7.41. The van der Waals surface area contributed by atoms with Gasteiger partial charge in [0.05, 0.1) is 29.8 Å². The van der Waals surface area contributed by atoms with Crippen LogP contribution in [0.4, 0.5) is 0 Å². The molecule has 1 aliphatic rings. The van der Waals surface area contributed by atoms with E-state index in [4.69, 9.17) is 16.3 Å². The van der Waals surface area contributed by atoms with Crippen molar-refractivity contribution in [2.45, 2.75) is 19.9 Å². The molecular formula is C22H22ClN3O4. The number of nitrogens with zero attached hydrogens (tertiary/aromatic N) is 3. The number of hydrogen-bond acceptors (Lipinski definition) is 4. The predicted molar refractivity (Wildman–Crippen MR) is 116 cm³/mol. The number of hydrogen-bond donors (Lipinski definition) is 0. The van der Waals surface area contributed by atoms with Crippen molar-refractivity contribution in [3.63, 3.8) is 0 Å². The van der Waals surface area contributed by atoms with E-state index in [-0.39, 0.29) is 5.91 Å². The molecule has 1 saturated heterocycles. The van der Waals surface area contributed by atoms with Crippen molar-refractivity contribution in [3.8, 4) is 5.69 Å². The number of amides is 1. The number of aryl methyl sites for hydroxylation is 1. The van der Waals surface area contributed by atoms with Crippen molar-refractivity contribution in [1.29, 1.82) is 0 Å². The van der Waals surface area contributed by atoms with Gasteiger partial charge in [-0.1, -0.05) is 23.7 Å². The van der Waals surface area contributed by atoms with Crippen LogP contribution in [0.3, 0.4) is 0 Å². The molecule has 0 unspecified atom stereocenters. The van der Waals surface area contributed by atoms with Crippen LogP contribution in [0.5, 0.6) is 0 Å². The Kier molecular flexibility index (Phi) is 5.49. The lowest BCUT2D eigenvalue weighted by atomic mass is 10.2. The number of carbonyl (C=O) groups excluding carboxylic acids is 1. The van der Waals surface area contributed by atoms with E-state index in [0.29, 0.717) is 47.9 Å². The Morgan fingerprint density at radius 3 is 2.53 bits per heavy atom. The summed E-state index contributed by atoms with van der Waals surface area (Å²) in [5.74, 6) is -0.198. The van der Waals surface area contributed by atoms with E-state index in [1.54, 1.807) is 48.2 Å². The zero-order chi connectivity index (χ0) is 21.4. The second-order valence-corrected chi connectivity index (χ2v) is 7.84. The molecule has 8 heteroatoms. The summed E-state index contributed by atoms with van der Waals surface area (Å²) in [6.45, 7) is 5.41. The molecule has 2 aromatic carbocycles. The minimum atomic E-state index is -0.812. The number of ether oxygens (including phenoxy) is 1. The number of carbonyl (C=O) groups is 1. The third-order valence-electron chi connectivity index (χ3n) is 5.38. The summed E-state index contributed by atoms with van der Waals surface area (Å²) in [6, 6.07) is 11.1. The van der Waals surface area contributed by atoms with Crippen molar-refractivity contribution >= 4 is 28.4 Å². The van der Waals surface area contributed by atoms with Crippen LogP contribution < -0.4 is 11.2 Å². The Bertz CT molecular complexity index is 1240. The standard InChI is InChI=1S/C22H22ClN3O4/c1-14-4-3-5-17(12-14)26-21(28)18-7-6-16(23)13-19(18)25(22(26)29)15(2)20(27)24-8-10-30-11-9-24/h3-7,12-13,15H,8-11H2,1-2H3/t15-/m1/s1. The van der Waals surface area contributed by atoms with Crippen molar-refractivity contribution in [2.24, 2.45) is 0 Å². The highest BCUT2D eigenvalue weighted by Gasteiger charge is 2.27. The topological polar surface area (TPSA) is 73.5 Å². The molecule has 4 rings (SSSR count). The van der Waals surface area contributed by atoms with Gasteiger partial charge >= 0.3 is 5.69 Å². The summed E-state index contributed by atoms with van der Waals surface area (Å²) in [5.41, 5.74) is 0.699. The highest BCUT2D eigenvalue weighted by Crippen LogP contribution is 2.21. The monoisotopic (exact) mass is 427 g/mol. The van der Waals surface area contributed by atoms with Crippen LogP contribution in [0, 0.1) is 6.92 Å². The maximum Gasteiger partial charge on any atom is 0.336 e. The molecule has 0 spiro atoms. The van der Waals surface area contributed by atoms with Crippen LogP contribution >= 0.6 is 11.6 Å². The maximum absolute atomic E-state index is 13.5. The molecule has 3 aromatic rings. The fourth-order valence-corrected chi connectivity index (χ4v) is 4.00. The van der Waals surface area contributed by atoms with E-state index < -0.39 is 17.3 Å². The molecule has 30 heavy (non-hydrogen) atoms. The van der Waals surface area contributed by atoms with E-state index in [1.165, 1.54) is 4.57 Å². The number of aromatic nitrogens is 2. The molecule has 7 nitrogen and oxygen atoms in total. The third kappa shape index (κ3) is 3.55. The SMILES string of the molecule is Cc1cccc(-n2c(=O)c3ccc(Cl)cc3n([C@H](C)C(=O)N3CCOCC3)c2=O)c1. The van der Waals surface area contributed by atoms with Crippen molar-refractivity contribution < 1.29 is 9.53 Å². The maximum atomic E-state index is 13.5. The molecule has 156 valence electrons. The minimum absolute atomic E-state index is 0.198. The van der Waals surface area contributed by atoms with E-state index in [0.717, 1.165) is 10.1 Å². The fourth-order valence-electron chi connectivity index (χ4n) is 3.83. The molecule has 1 fully saturated rings. The Morgan fingerprint density at radius 2 is 1.83 bits per heavy atom. The first-order valence-electron chi connectivity index (χ1n) is 9.79. The van der Waals surface area contributed by atoms with Crippen molar-refractivity contribution in [3.05, 3.63) is 73.9 Å². The molecule has 1 aromatic heterocycles. The van der Waals surface area contributed by atoms with E-state index in [2.05, 4.69) is 0 Å². The largest absolute Gasteiger partial charge is 0.378 e. The lowest BCUT2D eigenvalue weighted by Crippen LogP contribution is -2.47. The van der Waals surface area contributed by atoms with E-state index in [9.17, 15) is 14.4 Å². The summed E-state index contributed by atoms with van der Waals surface area (Å²) >= 11 is 6.17. The molecule has 0 radical (unpaired) electrons. The third-order valence-corrected chi connectivity index (χ3v) is 5.61. The van der Waals surface area contributed by atoms with Gasteiger partial charge in [-0.15, -0.1) is 0 Å². The average Bonchev–Trinajstić information content (AvgIpc) is 2.73. The van der Waals surface area contributed by atoms with Gasteiger partial charge in [0, 0.05) is 18.1 Å². The number of fused-ring (bicyclic) bond motifs is 1. The van der Waals surface area contributed by atoms with Crippen LogP contribution in [-0.4, -0.2) is 46.2 Å². The predicted octanol–water partition coefficient (Wildman–Crippen LogP) is 2.53. The Hall–Kier alpha value is -2.90. The number of rotatable bonds is 3. The highest BCUT2D eigenvalue weighted by atomic mass is 35.5. The molecule has 0 bridgehead atoms. The van der Waals surface area contributed by atoms with Gasteiger partial charge in [-0.2, -0.15) is 0 Å². The van der Waals surface area contributed by atoms with Gasteiger partial charge in [-0.05, 0) is 49.7 Å². The van der Waals surface area contributed by atoms with Crippen molar-refractivity contribution in [1.82, 2.24) is 14.0 Å². The Morgan fingerprint density at radius 1 is 1.10 bits per heavy atom. The van der Waals surface area contributed by atoms with Crippen LogP contribution in [0.25, 0.3) is 16.6 Å². The zero-order valence-electron chi connectivity index (χ0n) is 16.8. The lowest BCUT2D eigenvalue weighted by Gasteiger charge is -2.30. The van der Waals surface area contributed by atoms with Gasteiger partial charge in [-0.25, -0.2) is 9.36 Å². The molecule has 1 amide bonds. The van der Waals surface area contributed by atoms with Crippen LogP contribution in [0.1, 0.15) is 18.5 Å². The molecule has 0 N–H and O–H groups in total. The summed E-state index contributed by atoms with van der Waals surface area (Å²) < 4.78 is 7.80. The molecule has 2 heterocycles. The van der Waals surface area contributed by atoms with Gasteiger partial charge in [-0.3, -0.25) is 14.2 Å². The van der Waals surface area contributed by atoms with Crippen LogP contribution in [0.2, 0.25) is 5.02 Å². The Labute approximate surface area is 178 Å². The quantitative estimate of drug-likeness (QED) is 0.643. The molecule has 0 saturated carbocycles. The number of halogens is 1. The van der Waals surface area contributed by atoms with Gasteiger partial charge in [0.2, 0.25) is 5.91 Å². The first-order valence-corrected chi connectivity index (χ1v) is 10.2. The number of morpholine rings is 1. The highest BCUT2D eigenvalue weighted by molar-refractivity contribution is 6.31. The second kappa shape index (κ2) is 8.08. The smallest absolute Gasteiger partial charge is 0.336 e. The first-order chi connectivity index (χ1) is 14.4. The molecular weight excluding hydrogens is 406 g/mol. The van der Waals surface area contributed by atoms with Gasteiger partial charge in [0.25, 0.3) is 5.56 Å². The minimum Gasteiger partial charge on any atom is -0.378 e. The van der Waals surface area contributed by atoms with Gasteiger partial charge in [0.1, 0.15) is 6.04 Å². The summed E-state index contributed by atoms with van der Waals surface area (Å²) in [4.78, 5) is 41.6. The lowest BCUT2D eigenvalue weighted by molar-refractivity contribution is -0.138. The summed E-state index contributed by atoms with van der Waals surface area (Å²) in [6.07, 6.45) is 0. The summed E-state index contributed by atoms with van der Waals surface area (Å²) in [7, 11) is 0. The van der Waals surface area contributed by atoms with E-state index >= 15 is 0 Å². The van der Waals surface area contributed by atoms with E-state index in [1.807, 2.05) is 13.0 Å². The number of benzene rings is 2. The van der Waals surface area contributed by atoms with Crippen LogP contribution in [0.15, 0.2) is 52.1 Å². The fraction of sp³-hybridized carbons (Fsp3) is 0.318.